The summed E-state index contributed by atoms with van der Waals surface area (Å²) < 4.78 is 4.73. The standard InChI is InChI=1S/C10H20N2O3/c1-5-12(4)10(14)8(3)11-7-9(13)15-6-2/h8,11H,5-7H2,1-4H3. The molecule has 1 unspecified atom stereocenters. The highest BCUT2D eigenvalue weighted by Crippen LogP contribution is 1.91. The Hall–Kier alpha value is -1.10. The zero-order chi connectivity index (χ0) is 11.8. The smallest absolute Gasteiger partial charge is 0.319 e. The number of carbonyl (C=O) groups is 2. The normalized spacial score (nSPS) is 12.0. The predicted molar refractivity (Wildman–Crippen MR) is 57.4 cm³/mol. The largest absolute Gasteiger partial charge is 0.465 e. The van der Waals surface area contributed by atoms with Gasteiger partial charge in [0.1, 0.15) is 0 Å². The van der Waals surface area contributed by atoms with Crippen molar-refractivity contribution in [3.63, 3.8) is 0 Å². The molecule has 0 bridgehead atoms. The highest BCUT2D eigenvalue weighted by molar-refractivity contribution is 5.82. The molecule has 0 aromatic carbocycles. The lowest BCUT2D eigenvalue weighted by Crippen LogP contribution is -2.44. The molecule has 1 N–H and O–H groups in total. The van der Waals surface area contributed by atoms with Crippen LogP contribution in [-0.4, -0.2) is 49.6 Å². The zero-order valence-electron chi connectivity index (χ0n) is 9.87. The van der Waals surface area contributed by atoms with Gasteiger partial charge in [-0.15, -0.1) is 0 Å². The number of nitrogens with one attached hydrogen (secondary N) is 1. The Morgan fingerprint density at radius 2 is 2.00 bits per heavy atom. The molecule has 0 saturated heterocycles. The molecule has 88 valence electrons. The monoisotopic (exact) mass is 216 g/mol. The lowest BCUT2D eigenvalue weighted by Gasteiger charge is -2.20. The number of esters is 1. The van der Waals surface area contributed by atoms with E-state index < -0.39 is 0 Å². The first-order valence-corrected chi connectivity index (χ1v) is 5.16. The molecular weight excluding hydrogens is 196 g/mol. The Kier molecular flexibility index (Phi) is 6.70. The minimum absolute atomic E-state index is 0.0261. The number of hydrogen-bond acceptors (Lipinski definition) is 4. The van der Waals surface area contributed by atoms with Crippen LogP contribution < -0.4 is 5.32 Å². The molecule has 0 aliphatic rings. The summed E-state index contributed by atoms with van der Waals surface area (Å²) in [6.07, 6.45) is 0. The Labute approximate surface area is 90.8 Å². The van der Waals surface area contributed by atoms with Gasteiger partial charge < -0.3 is 9.64 Å². The Balaban J connectivity index is 3.87. The van der Waals surface area contributed by atoms with Crippen LogP contribution in [0, 0.1) is 0 Å². The van der Waals surface area contributed by atoms with Crippen molar-refractivity contribution in [1.82, 2.24) is 10.2 Å². The van der Waals surface area contributed by atoms with Gasteiger partial charge in [0, 0.05) is 13.6 Å². The summed E-state index contributed by atoms with van der Waals surface area (Å²) in [6, 6.07) is -0.362. The minimum atomic E-state index is -0.362. The highest BCUT2D eigenvalue weighted by Gasteiger charge is 2.16. The molecule has 1 atom stereocenters. The maximum atomic E-state index is 11.6. The average molecular weight is 216 g/mol. The fourth-order valence-corrected chi connectivity index (χ4v) is 1.02. The molecule has 1 amide bonds. The molecule has 5 heteroatoms. The summed E-state index contributed by atoms with van der Waals surface area (Å²) in [7, 11) is 1.73. The third kappa shape index (κ3) is 5.37. The van der Waals surface area contributed by atoms with Crippen molar-refractivity contribution in [2.45, 2.75) is 26.8 Å². The van der Waals surface area contributed by atoms with Crippen molar-refractivity contribution >= 4 is 11.9 Å². The maximum Gasteiger partial charge on any atom is 0.319 e. The van der Waals surface area contributed by atoms with E-state index in [4.69, 9.17) is 4.74 Å². The van der Waals surface area contributed by atoms with E-state index in [1.54, 1.807) is 25.8 Å². The van der Waals surface area contributed by atoms with Gasteiger partial charge in [0.15, 0.2) is 0 Å². The second-order valence-corrected chi connectivity index (χ2v) is 3.26. The summed E-state index contributed by atoms with van der Waals surface area (Å²) in [4.78, 5) is 24.2. The van der Waals surface area contributed by atoms with E-state index in [1.165, 1.54) is 0 Å². The number of ether oxygens (including phenoxy) is 1. The number of amides is 1. The van der Waals surface area contributed by atoms with E-state index in [-0.39, 0.29) is 24.5 Å². The summed E-state index contributed by atoms with van der Waals surface area (Å²) in [6.45, 7) is 6.46. The third-order valence-corrected chi connectivity index (χ3v) is 2.08. The highest BCUT2D eigenvalue weighted by atomic mass is 16.5. The van der Waals surface area contributed by atoms with E-state index >= 15 is 0 Å². The Morgan fingerprint density at radius 1 is 1.40 bits per heavy atom. The molecule has 15 heavy (non-hydrogen) atoms. The lowest BCUT2D eigenvalue weighted by molar-refractivity contribution is -0.142. The van der Waals surface area contributed by atoms with Gasteiger partial charge >= 0.3 is 5.97 Å². The Bertz CT molecular complexity index is 219. The SMILES string of the molecule is CCOC(=O)CNC(C)C(=O)N(C)CC. The van der Waals surface area contributed by atoms with E-state index in [9.17, 15) is 9.59 Å². The van der Waals surface area contributed by atoms with Crippen LogP contribution in [0.15, 0.2) is 0 Å². The second kappa shape index (κ2) is 7.23. The molecular formula is C10H20N2O3. The molecule has 0 rings (SSSR count). The maximum absolute atomic E-state index is 11.6. The summed E-state index contributed by atoms with van der Waals surface area (Å²) in [5.74, 6) is -0.363. The molecule has 0 aliphatic carbocycles. The number of likely N-dealkylation sites (N-methyl/N-ethyl adjacent to an activating group) is 1. The molecule has 0 heterocycles. The van der Waals surface area contributed by atoms with Crippen molar-refractivity contribution in [3.05, 3.63) is 0 Å². The minimum Gasteiger partial charge on any atom is -0.465 e. The molecule has 0 radical (unpaired) electrons. The predicted octanol–water partition coefficient (Wildman–Crippen LogP) is 0.00590. The summed E-state index contributed by atoms with van der Waals surface area (Å²) in [5.41, 5.74) is 0. The van der Waals surface area contributed by atoms with Crippen LogP contribution in [-0.2, 0) is 14.3 Å². The summed E-state index contributed by atoms with van der Waals surface area (Å²) in [5, 5.41) is 2.82. The lowest BCUT2D eigenvalue weighted by atomic mass is 10.3. The van der Waals surface area contributed by atoms with Crippen molar-refractivity contribution in [3.8, 4) is 0 Å². The number of carbonyl (C=O) groups excluding carboxylic acids is 2. The number of hydrogen-bond donors (Lipinski definition) is 1. The van der Waals surface area contributed by atoms with Gasteiger partial charge in [0.25, 0.3) is 0 Å². The van der Waals surface area contributed by atoms with Crippen LogP contribution in [0.5, 0.6) is 0 Å². The number of rotatable bonds is 6. The van der Waals surface area contributed by atoms with Crippen molar-refractivity contribution < 1.29 is 14.3 Å². The van der Waals surface area contributed by atoms with Crippen molar-refractivity contribution in [2.75, 3.05) is 26.7 Å². The quantitative estimate of drug-likeness (QED) is 0.635. The molecule has 5 nitrogen and oxygen atoms in total. The van der Waals surface area contributed by atoms with Crippen molar-refractivity contribution in [1.29, 1.82) is 0 Å². The van der Waals surface area contributed by atoms with E-state index in [0.717, 1.165) is 0 Å². The van der Waals surface area contributed by atoms with Gasteiger partial charge in [-0.1, -0.05) is 0 Å². The average Bonchev–Trinajstić information content (AvgIpc) is 2.24. The molecule has 0 saturated carbocycles. The van der Waals surface area contributed by atoms with Crippen LogP contribution in [0.25, 0.3) is 0 Å². The van der Waals surface area contributed by atoms with E-state index in [1.807, 2.05) is 6.92 Å². The molecule has 0 spiro atoms. The van der Waals surface area contributed by atoms with E-state index in [0.29, 0.717) is 13.2 Å². The fraction of sp³-hybridized carbons (Fsp3) is 0.800. The van der Waals surface area contributed by atoms with Gasteiger partial charge in [0.2, 0.25) is 5.91 Å². The zero-order valence-corrected chi connectivity index (χ0v) is 9.87. The topological polar surface area (TPSA) is 58.6 Å². The van der Waals surface area contributed by atoms with Crippen LogP contribution in [0.4, 0.5) is 0 Å². The first-order chi connectivity index (χ1) is 7.02. The Morgan fingerprint density at radius 3 is 2.47 bits per heavy atom. The summed E-state index contributed by atoms with van der Waals surface area (Å²) >= 11 is 0. The first-order valence-electron chi connectivity index (χ1n) is 5.16. The van der Waals surface area contributed by atoms with Crippen molar-refractivity contribution in [2.24, 2.45) is 0 Å². The number of nitrogens with zero attached hydrogens (tertiary/aromatic N) is 1. The van der Waals surface area contributed by atoms with Crippen LogP contribution in [0.1, 0.15) is 20.8 Å². The molecule has 0 aliphatic heterocycles. The van der Waals surface area contributed by atoms with Crippen LogP contribution in [0.3, 0.4) is 0 Å². The first kappa shape index (κ1) is 13.9. The van der Waals surface area contributed by atoms with Gasteiger partial charge in [-0.05, 0) is 20.8 Å². The van der Waals surface area contributed by atoms with Crippen LogP contribution >= 0.6 is 0 Å². The fourth-order valence-electron chi connectivity index (χ4n) is 1.02. The van der Waals surface area contributed by atoms with E-state index in [2.05, 4.69) is 5.32 Å². The molecule has 0 fully saturated rings. The van der Waals surface area contributed by atoms with Gasteiger partial charge in [-0.2, -0.15) is 0 Å². The second-order valence-electron chi connectivity index (χ2n) is 3.26. The van der Waals surface area contributed by atoms with Gasteiger partial charge in [0.05, 0.1) is 19.2 Å². The molecule has 0 aromatic heterocycles. The third-order valence-electron chi connectivity index (χ3n) is 2.08. The van der Waals surface area contributed by atoms with Crippen LogP contribution in [0.2, 0.25) is 0 Å². The van der Waals surface area contributed by atoms with Gasteiger partial charge in [-0.3, -0.25) is 14.9 Å². The molecule has 0 aromatic rings. The van der Waals surface area contributed by atoms with Gasteiger partial charge in [-0.25, -0.2) is 0 Å².